The maximum absolute atomic E-state index is 9.59. The standard InChI is InChI=1S/C15H21BrN2O/c1-11(2)10-18(8-4-7-17)15-6-5-13(12(3)19)9-14(15)16/h5-6,9,11-12,19H,4,8,10H2,1-3H3/t12-/m1/s1. The highest BCUT2D eigenvalue weighted by Gasteiger charge is 2.13. The number of hydrogen-bond acceptors (Lipinski definition) is 3. The van der Waals surface area contributed by atoms with Gasteiger partial charge in [-0.25, -0.2) is 0 Å². The normalized spacial score (nSPS) is 12.3. The van der Waals surface area contributed by atoms with Crippen molar-refractivity contribution < 1.29 is 5.11 Å². The smallest absolute Gasteiger partial charge is 0.0762 e. The summed E-state index contributed by atoms with van der Waals surface area (Å²) in [5.41, 5.74) is 1.97. The predicted molar refractivity (Wildman–Crippen MR) is 82.1 cm³/mol. The number of nitriles is 1. The van der Waals surface area contributed by atoms with Crippen LogP contribution in [0, 0.1) is 17.2 Å². The Morgan fingerprint density at radius 3 is 2.53 bits per heavy atom. The van der Waals surface area contributed by atoms with E-state index in [0.29, 0.717) is 12.3 Å². The first-order valence-corrected chi connectivity index (χ1v) is 7.34. The molecule has 0 aliphatic rings. The summed E-state index contributed by atoms with van der Waals surface area (Å²) in [6.07, 6.45) is 0.0418. The maximum atomic E-state index is 9.59. The molecule has 0 unspecified atom stereocenters. The molecule has 0 aliphatic carbocycles. The molecule has 0 saturated carbocycles. The molecule has 0 spiro atoms. The van der Waals surface area contributed by atoms with Crippen LogP contribution in [0.4, 0.5) is 5.69 Å². The monoisotopic (exact) mass is 324 g/mol. The van der Waals surface area contributed by atoms with Gasteiger partial charge in [-0.2, -0.15) is 5.26 Å². The van der Waals surface area contributed by atoms with Crippen molar-refractivity contribution in [2.45, 2.75) is 33.3 Å². The lowest BCUT2D eigenvalue weighted by Gasteiger charge is -2.27. The highest BCUT2D eigenvalue weighted by atomic mass is 79.9. The Kier molecular flexibility index (Phi) is 6.33. The fourth-order valence-electron chi connectivity index (χ4n) is 1.98. The van der Waals surface area contributed by atoms with E-state index in [1.807, 2.05) is 18.2 Å². The van der Waals surface area contributed by atoms with Crippen molar-refractivity contribution in [3.63, 3.8) is 0 Å². The Bertz CT molecular complexity index is 452. The molecule has 1 atom stereocenters. The van der Waals surface area contributed by atoms with E-state index in [1.54, 1.807) is 6.92 Å². The maximum Gasteiger partial charge on any atom is 0.0762 e. The van der Waals surface area contributed by atoms with Gasteiger partial charge in [0.05, 0.1) is 24.3 Å². The average molecular weight is 325 g/mol. The Morgan fingerprint density at radius 2 is 2.05 bits per heavy atom. The van der Waals surface area contributed by atoms with E-state index in [2.05, 4.69) is 40.7 Å². The van der Waals surface area contributed by atoms with Gasteiger partial charge in [-0.05, 0) is 46.5 Å². The third-order valence-corrected chi connectivity index (χ3v) is 3.51. The van der Waals surface area contributed by atoms with Crippen molar-refractivity contribution in [1.82, 2.24) is 0 Å². The van der Waals surface area contributed by atoms with Gasteiger partial charge in [0.25, 0.3) is 0 Å². The topological polar surface area (TPSA) is 47.3 Å². The van der Waals surface area contributed by atoms with E-state index in [1.165, 1.54) is 0 Å². The van der Waals surface area contributed by atoms with E-state index in [0.717, 1.165) is 28.8 Å². The Balaban J connectivity index is 2.98. The molecule has 3 nitrogen and oxygen atoms in total. The Labute approximate surface area is 124 Å². The Hall–Kier alpha value is -1.05. The van der Waals surface area contributed by atoms with Crippen molar-refractivity contribution in [2.24, 2.45) is 5.92 Å². The van der Waals surface area contributed by atoms with Gasteiger partial charge in [-0.15, -0.1) is 0 Å². The van der Waals surface area contributed by atoms with Gasteiger partial charge < -0.3 is 10.0 Å². The van der Waals surface area contributed by atoms with Crippen molar-refractivity contribution in [2.75, 3.05) is 18.0 Å². The Morgan fingerprint density at radius 1 is 1.37 bits per heavy atom. The first kappa shape index (κ1) is 16.0. The van der Waals surface area contributed by atoms with Gasteiger partial charge in [0.2, 0.25) is 0 Å². The van der Waals surface area contributed by atoms with Crippen LogP contribution in [-0.2, 0) is 0 Å². The van der Waals surface area contributed by atoms with Crippen LogP contribution in [0.2, 0.25) is 0 Å². The van der Waals surface area contributed by atoms with E-state index >= 15 is 0 Å². The van der Waals surface area contributed by atoms with Crippen LogP contribution in [-0.4, -0.2) is 18.2 Å². The summed E-state index contributed by atoms with van der Waals surface area (Å²) in [5.74, 6) is 0.530. The second-order valence-corrected chi connectivity index (χ2v) is 5.99. The average Bonchev–Trinajstić information content (AvgIpc) is 2.34. The van der Waals surface area contributed by atoms with Crippen molar-refractivity contribution in [1.29, 1.82) is 5.26 Å². The lowest BCUT2D eigenvalue weighted by atomic mass is 10.1. The third-order valence-electron chi connectivity index (χ3n) is 2.87. The summed E-state index contributed by atoms with van der Waals surface area (Å²) in [6.45, 7) is 7.72. The fourth-order valence-corrected chi connectivity index (χ4v) is 2.62. The zero-order valence-electron chi connectivity index (χ0n) is 11.7. The third kappa shape index (κ3) is 4.85. The van der Waals surface area contributed by atoms with Crippen LogP contribution in [0.3, 0.4) is 0 Å². The number of aliphatic hydroxyl groups is 1. The second-order valence-electron chi connectivity index (χ2n) is 5.13. The quantitative estimate of drug-likeness (QED) is 0.863. The number of rotatable bonds is 6. The summed E-state index contributed by atoms with van der Waals surface area (Å²) in [4.78, 5) is 2.21. The van der Waals surface area contributed by atoms with Gasteiger partial charge in [-0.3, -0.25) is 0 Å². The summed E-state index contributed by atoms with van der Waals surface area (Å²) in [5, 5.41) is 18.3. The minimum atomic E-state index is -0.469. The molecule has 0 fully saturated rings. The molecule has 0 amide bonds. The van der Waals surface area contributed by atoms with Crippen LogP contribution in [0.5, 0.6) is 0 Å². The minimum Gasteiger partial charge on any atom is -0.389 e. The van der Waals surface area contributed by atoms with Gasteiger partial charge in [0.1, 0.15) is 0 Å². The molecular formula is C15H21BrN2O. The van der Waals surface area contributed by atoms with Crippen LogP contribution < -0.4 is 4.90 Å². The number of nitrogens with zero attached hydrogens (tertiary/aromatic N) is 2. The highest BCUT2D eigenvalue weighted by Crippen LogP contribution is 2.30. The van der Waals surface area contributed by atoms with Crippen LogP contribution >= 0.6 is 15.9 Å². The predicted octanol–water partition coefficient (Wildman–Crippen LogP) is 3.88. The van der Waals surface area contributed by atoms with Crippen molar-refractivity contribution >= 4 is 21.6 Å². The van der Waals surface area contributed by atoms with Crippen LogP contribution in [0.25, 0.3) is 0 Å². The first-order chi connectivity index (χ1) is 8.95. The molecule has 1 aromatic rings. The number of aliphatic hydroxyl groups excluding tert-OH is 1. The van der Waals surface area contributed by atoms with Crippen LogP contribution in [0.1, 0.15) is 38.9 Å². The van der Waals surface area contributed by atoms with Gasteiger partial charge in [0, 0.05) is 17.6 Å². The molecule has 4 heteroatoms. The fraction of sp³-hybridized carbons (Fsp3) is 0.533. The molecule has 0 radical (unpaired) electrons. The lowest BCUT2D eigenvalue weighted by Crippen LogP contribution is -2.28. The number of benzene rings is 1. The lowest BCUT2D eigenvalue weighted by molar-refractivity contribution is 0.199. The number of hydrogen-bond donors (Lipinski definition) is 1. The summed E-state index contributed by atoms with van der Waals surface area (Å²) < 4.78 is 0.962. The van der Waals surface area contributed by atoms with Crippen molar-refractivity contribution in [3.8, 4) is 6.07 Å². The SMILES string of the molecule is CC(C)CN(CCC#N)c1ccc([C@@H](C)O)cc1Br. The molecule has 0 aromatic heterocycles. The summed E-state index contributed by atoms with van der Waals surface area (Å²) in [6, 6.07) is 8.08. The molecule has 0 aliphatic heterocycles. The van der Waals surface area contributed by atoms with E-state index < -0.39 is 6.10 Å². The van der Waals surface area contributed by atoms with Gasteiger partial charge in [0.15, 0.2) is 0 Å². The van der Waals surface area contributed by atoms with Crippen LogP contribution in [0.15, 0.2) is 22.7 Å². The van der Waals surface area contributed by atoms with E-state index in [9.17, 15) is 5.11 Å². The van der Waals surface area contributed by atoms with Gasteiger partial charge in [-0.1, -0.05) is 19.9 Å². The summed E-state index contributed by atoms with van der Waals surface area (Å²) in [7, 11) is 0. The van der Waals surface area contributed by atoms with Gasteiger partial charge >= 0.3 is 0 Å². The molecule has 104 valence electrons. The number of halogens is 1. The molecule has 0 saturated heterocycles. The molecule has 0 heterocycles. The molecule has 1 N–H and O–H groups in total. The molecule has 1 aromatic carbocycles. The van der Waals surface area contributed by atoms with E-state index in [4.69, 9.17) is 5.26 Å². The van der Waals surface area contributed by atoms with E-state index in [-0.39, 0.29) is 0 Å². The first-order valence-electron chi connectivity index (χ1n) is 6.55. The molecule has 1 rings (SSSR count). The zero-order chi connectivity index (χ0) is 14.4. The molecule has 19 heavy (non-hydrogen) atoms. The summed E-state index contributed by atoms with van der Waals surface area (Å²) >= 11 is 3.56. The largest absolute Gasteiger partial charge is 0.389 e. The second kappa shape index (κ2) is 7.52. The molecular weight excluding hydrogens is 304 g/mol. The zero-order valence-corrected chi connectivity index (χ0v) is 13.3. The molecule has 0 bridgehead atoms. The van der Waals surface area contributed by atoms with Crippen molar-refractivity contribution in [3.05, 3.63) is 28.2 Å². The highest BCUT2D eigenvalue weighted by molar-refractivity contribution is 9.10. The number of anilines is 1. The minimum absolute atomic E-state index is 0.469.